The average molecular weight is 326 g/mol. The molecule has 24 heavy (non-hydrogen) atoms. The summed E-state index contributed by atoms with van der Waals surface area (Å²) in [4.78, 5) is 14.4. The molecule has 1 aliphatic rings. The predicted molar refractivity (Wildman–Crippen MR) is 93.4 cm³/mol. The Hall–Kier alpha value is -2.37. The molecule has 3 rings (SSSR count). The third-order valence-electron chi connectivity index (χ3n) is 4.22. The Morgan fingerprint density at radius 3 is 2.00 bits per heavy atom. The minimum Gasteiger partial charge on any atom is -0.388 e. The number of aliphatic hydroxyl groups is 1. The summed E-state index contributed by atoms with van der Waals surface area (Å²) in [6.07, 6.45) is 1.06. The summed E-state index contributed by atoms with van der Waals surface area (Å²) in [5, 5.41) is 13.4. The quantitative estimate of drug-likeness (QED) is 0.908. The van der Waals surface area contributed by atoms with E-state index in [1.54, 1.807) is 4.90 Å². The molecule has 0 radical (unpaired) electrons. The van der Waals surface area contributed by atoms with Crippen LogP contribution in [0.4, 0.5) is 16.2 Å². The molecule has 0 bridgehead atoms. The fourth-order valence-electron chi connectivity index (χ4n) is 2.79. The van der Waals surface area contributed by atoms with Crippen LogP contribution in [0.25, 0.3) is 0 Å². The monoisotopic (exact) mass is 326 g/mol. The van der Waals surface area contributed by atoms with Crippen molar-refractivity contribution in [2.45, 2.75) is 18.4 Å². The number of anilines is 2. The Morgan fingerprint density at radius 2 is 1.50 bits per heavy atom. The number of urea groups is 1. The van der Waals surface area contributed by atoms with Crippen molar-refractivity contribution in [1.29, 1.82) is 0 Å². The van der Waals surface area contributed by atoms with Crippen molar-refractivity contribution in [3.63, 3.8) is 0 Å². The molecule has 0 spiro atoms. The van der Waals surface area contributed by atoms with Gasteiger partial charge in [0.1, 0.15) is 0 Å². The molecule has 2 aromatic carbocycles. The smallest absolute Gasteiger partial charge is 0.326 e. The number of para-hydroxylation sites is 2. The highest BCUT2D eigenvalue weighted by Crippen LogP contribution is 2.25. The first-order valence-electron chi connectivity index (χ1n) is 8.16. The lowest BCUT2D eigenvalue weighted by Crippen LogP contribution is -2.49. The van der Waals surface area contributed by atoms with Crippen molar-refractivity contribution in [3.05, 3.63) is 60.7 Å². The van der Waals surface area contributed by atoms with Crippen molar-refractivity contribution in [2.75, 3.05) is 24.7 Å². The van der Waals surface area contributed by atoms with Crippen LogP contribution in [0, 0.1) is 0 Å². The average Bonchev–Trinajstić information content (AvgIpc) is 2.63. The number of hydrogen-bond donors (Lipinski definition) is 2. The molecule has 0 aromatic heterocycles. The first-order chi connectivity index (χ1) is 11.7. The van der Waals surface area contributed by atoms with Gasteiger partial charge in [-0.2, -0.15) is 0 Å². The first kappa shape index (κ1) is 16.5. The third kappa shape index (κ3) is 3.93. The Morgan fingerprint density at radius 1 is 1.00 bits per heavy atom. The van der Waals surface area contributed by atoms with Crippen molar-refractivity contribution in [1.82, 2.24) is 5.32 Å². The number of amides is 2. The van der Waals surface area contributed by atoms with Gasteiger partial charge in [-0.3, -0.25) is 4.90 Å². The van der Waals surface area contributed by atoms with Crippen LogP contribution in [0.5, 0.6) is 0 Å². The Bertz CT molecular complexity index is 615. The normalized spacial score (nSPS) is 16.4. The molecule has 5 nitrogen and oxygen atoms in total. The maximum Gasteiger partial charge on any atom is 0.326 e. The van der Waals surface area contributed by atoms with E-state index in [-0.39, 0.29) is 12.6 Å². The molecular weight excluding hydrogens is 304 g/mol. The van der Waals surface area contributed by atoms with Gasteiger partial charge in [0.2, 0.25) is 0 Å². The maximum atomic E-state index is 12.8. The number of ether oxygens (including phenoxy) is 1. The molecular formula is C19H22N2O3. The molecule has 0 atom stereocenters. The van der Waals surface area contributed by atoms with Gasteiger partial charge in [-0.1, -0.05) is 36.4 Å². The summed E-state index contributed by atoms with van der Waals surface area (Å²) in [7, 11) is 0. The summed E-state index contributed by atoms with van der Waals surface area (Å²) in [5.41, 5.74) is 0.660. The van der Waals surface area contributed by atoms with E-state index in [1.807, 2.05) is 60.7 Å². The van der Waals surface area contributed by atoms with Gasteiger partial charge in [0.15, 0.2) is 0 Å². The van der Waals surface area contributed by atoms with Crippen LogP contribution in [-0.2, 0) is 4.74 Å². The van der Waals surface area contributed by atoms with Gasteiger partial charge in [-0.05, 0) is 24.3 Å². The van der Waals surface area contributed by atoms with E-state index >= 15 is 0 Å². The second-order valence-electron chi connectivity index (χ2n) is 6.00. The molecule has 1 fully saturated rings. The Kier molecular flexibility index (Phi) is 5.13. The largest absolute Gasteiger partial charge is 0.388 e. The number of rotatable bonds is 4. The molecule has 5 heteroatoms. The number of carbonyl (C=O) groups excluding carboxylic acids is 1. The number of nitrogens with one attached hydrogen (secondary N) is 1. The predicted octanol–water partition coefficient (Wildman–Crippen LogP) is 3.08. The van der Waals surface area contributed by atoms with Gasteiger partial charge in [0, 0.05) is 32.6 Å². The highest BCUT2D eigenvalue weighted by molar-refractivity contribution is 5.99. The molecule has 0 aliphatic carbocycles. The maximum absolute atomic E-state index is 12.8. The van der Waals surface area contributed by atoms with E-state index in [2.05, 4.69) is 5.32 Å². The van der Waals surface area contributed by atoms with Gasteiger partial charge in [-0.25, -0.2) is 4.79 Å². The van der Waals surface area contributed by atoms with Gasteiger partial charge < -0.3 is 15.2 Å². The van der Waals surface area contributed by atoms with Gasteiger partial charge in [0.05, 0.1) is 17.0 Å². The Balaban J connectivity index is 1.77. The van der Waals surface area contributed by atoms with E-state index in [1.165, 1.54) is 0 Å². The molecule has 2 aromatic rings. The van der Waals surface area contributed by atoms with Crippen LogP contribution < -0.4 is 10.2 Å². The van der Waals surface area contributed by atoms with Crippen LogP contribution >= 0.6 is 0 Å². The van der Waals surface area contributed by atoms with E-state index < -0.39 is 5.60 Å². The number of benzene rings is 2. The minimum atomic E-state index is -0.896. The molecule has 1 saturated heterocycles. The lowest BCUT2D eigenvalue weighted by atomic mass is 9.94. The number of hydrogen-bond acceptors (Lipinski definition) is 3. The van der Waals surface area contributed by atoms with Gasteiger partial charge in [0.25, 0.3) is 0 Å². The SMILES string of the molecule is O=C(NCC1(O)CCOCC1)N(c1ccccc1)c1ccccc1. The number of nitrogens with zero attached hydrogens (tertiary/aromatic N) is 1. The van der Waals surface area contributed by atoms with Crippen molar-refractivity contribution in [3.8, 4) is 0 Å². The fourth-order valence-corrected chi connectivity index (χ4v) is 2.79. The standard InChI is InChI=1S/C19H22N2O3/c22-18(20-15-19(23)11-13-24-14-12-19)21(16-7-3-1-4-8-16)17-9-5-2-6-10-17/h1-10,23H,11-15H2,(H,20,22). The third-order valence-corrected chi connectivity index (χ3v) is 4.22. The van der Waals surface area contributed by atoms with Crippen LogP contribution in [-0.4, -0.2) is 36.5 Å². The first-order valence-corrected chi connectivity index (χ1v) is 8.16. The molecule has 2 N–H and O–H groups in total. The lowest BCUT2D eigenvalue weighted by Gasteiger charge is -2.33. The second-order valence-corrected chi connectivity index (χ2v) is 6.00. The molecule has 126 valence electrons. The van der Waals surface area contributed by atoms with Gasteiger partial charge in [-0.15, -0.1) is 0 Å². The van der Waals surface area contributed by atoms with Crippen LogP contribution in [0.1, 0.15) is 12.8 Å². The molecule has 1 aliphatic heterocycles. The summed E-state index contributed by atoms with van der Waals surface area (Å²) in [6, 6.07) is 18.7. The van der Waals surface area contributed by atoms with Crippen molar-refractivity contribution >= 4 is 17.4 Å². The topological polar surface area (TPSA) is 61.8 Å². The number of carbonyl (C=O) groups is 1. The van der Waals surface area contributed by atoms with Crippen LogP contribution in [0.2, 0.25) is 0 Å². The van der Waals surface area contributed by atoms with E-state index in [0.29, 0.717) is 26.1 Å². The van der Waals surface area contributed by atoms with Crippen LogP contribution in [0.3, 0.4) is 0 Å². The fraction of sp³-hybridized carbons (Fsp3) is 0.316. The zero-order valence-electron chi connectivity index (χ0n) is 13.5. The summed E-state index contributed by atoms with van der Waals surface area (Å²) < 4.78 is 5.27. The van der Waals surface area contributed by atoms with Crippen LogP contribution in [0.15, 0.2) is 60.7 Å². The van der Waals surface area contributed by atoms with E-state index in [0.717, 1.165) is 11.4 Å². The summed E-state index contributed by atoms with van der Waals surface area (Å²) in [5.74, 6) is 0. The van der Waals surface area contributed by atoms with E-state index in [4.69, 9.17) is 4.74 Å². The Labute approximate surface area is 141 Å². The molecule has 0 saturated carbocycles. The highest BCUT2D eigenvalue weighted by atomic mass is 16.5. The minimum absolute atomic E-state index is 0.214. The molecule has 0 unspecified atom stereocenters. The zero-order valence-corrected chi connectivity index (χ0v) is 13.5. The summed E-state index contributed by atoms with van der Waals surface area (Å²) >= 11 is 0. The second kappa shape index (κ2) is 7.47. The van der Waals surface area contributed by atoms with E-state index in [9.17, 15) is 9.90 Å². The highest BCUT2D eigenvalue weighted by Gasteiger charge is 2.31. The van der Waals surface area contributed by atoms with Crippen molar-refractivity contribution < 1.29 is 14.6 Å². The van der Waals surface area contributed by atoms with Crippen molar-refractivity contribution in [2.24, 2.45) is 0 Å². The molecule has 2 amide bonds. The van der Waals surface area contributed by atoms with Gasteiger partial charge >= 0.3 is 6.03 Å². The summed E-state index contributed by atoms with van der Waals surface area (Å²) in [6.45, 7) is 1.26. The molecule has 1 heterocycles. The zero-order chi connectivity index (χ0) is 16.8. The lowest BCUT2D eigenvalue weighted by molar-refractivity contribution is -0.0599.